The molecule has 8 heteroatoms. The highest BCUT2D eigenvalue weighted by Gasteiger charge is 2.34. The normalized spacial score (nSPS) is 29.8. The van der Waals surface area contributed by atoms with E-state index in [2.05, 4.69) is 27.7 Å². The van der Waals surface area contributed by atoms with E-state index in [9.17, 15) is 4.79 Å². The van der Waals surface area contributed by atoms with E-state index >= 15 is 0 Å². The first kappa shape index (κ1) is 18.7. The zero-order valence-electron chi connectivity index (χ0n) is 16.3. The third-order valence-corrected chi connectivity index (χ3v) is 6.18. The number of nitrogens with one attached hydrogen (secondary N) is 2. The van der Waals surface area contributed by atoms with E-state index in [4.69, 9.17) is 4.74 Å². The zero-order valence-corrected chi connectivity index (χ0v) is 16.3. The van der Waals surface area contributed by atoms with Gasteiger partial charge in [-0.05, 0) is 25.8 Å². The number of likely N-dealkylation sites (N-methyl/N-ethyl adjacent to an activating group) is 1. The maximum absolute atomic E-state index is 12.5. The van der Waals surface area contributed by atoms with E-state index in [0.717, 1.165) is 51.6 Å². The minimum Gasteiger partial charge on any atom is -0.379 e. The van der Waals surface area contributed by atoms with Crippen LogP contribution in [-0.4, -0.2) is 90.6 Å². The maximum Gasteiger partial charge on any atom is 0.244 e. The van der Waals surface area contributed by atoms with Gasteiger partial charge in [-0.15, -0.1) is 0 Å². The monoisotopic (exact) mass is 376 g/mol. The van der Waals surface area contributed by atoms with Gasteiger partial charge in [-0.1, -0.05) is 6.42 Å². The SMILES string of the molecule is CN1CCN(C(=O)Cn2cc(NC3CCCC3C3COCCN3)cn2)CC1. The molecule has 4 rings (SSSR count). The van der Waals surface area contributed by atoms with E-state index in [1.165, 1.54) is 19.3 Å². The number of anilines is 1. The van der Waals surface area contributed by atoms with Gasteiger partial charge in [-0.2, -0.15) is 5.10 Å². The number of morpholine rings is 1. The summed E-state index contributed by atoms with van der Waals surface area (Å²) < 4.78 is 7.41. The Bertz CT molecular complexity index is 621. The summed E-state index contributed by atoms with van der Waals surface area (Å²) in [4.78, 5) is 16.7. The van der Waals surface area contributed by atoms with Crippen LogP contribution in [0.3, 0.4) is 0 Å². The zero-order chi connectivity index (χ0) is 18.6. The van der Waals surface area contributed by atoms with Crippen molar-refractivity contribution in [1.82, 2.24) is 24.9 Å². The molecule has 3 unspecified atom stereocenters. The van der Waals surface area contributed by atoms with Crippen molar-refractivity contribution in [2.45, 2.75) is 37.9 Å². The fourth-order valence-electron chi connectivity index (χ4n) is 4.54. The van der Waals surface area contributed by atoms with E-state index < -0.39 is 0 Å². The van der Waals surface area contributed by atoms with Crippen LogP contribution < -0.4 is 10.6 Å². The molecule has 2 saturated heterocycles. The van der Waals surface area contributed by atoms with Crippen LogP contribution >= 0.6 is 0 Å². The summed E-state index contributed by atoms with van der Waals surface area (Å²) in [6, 6.07) is 0.878. The fraction of sp³-hybridized carbons (Fsp3) is 0.789. The second-order valence-corrected chi connectivity index (χ2v) is 8.09. The molecule has 3 aliphatic rings. The lowest BCUT2D eigenvalue weighted by Crippen LogP contribution is -2.49. The molecule has 2 aliphatic heterocycles. The van der Waals surface area contributed by atoms with Gasteiger partial charge in [0, 0.05) is 51.0 Å². The molecule has 1 amide bonds. The predicted molar refractivity (Wildman–Crippen MR) is 104 cm³/mol. The number of rotatable bonds is 5. The second kappa shape index (κ2) is 8.58. The third kappa shape index (κ3) is 4.62. The van der Waals surface area contributed by atoms with Crippen molar-refractivity contribution in [3.63, 3.8) is 0 Å². The van der Waals surface area contributed by atoms with Gasteiger partial charge in [0.05, 0.1) is 25.1 Å². The smallest absolute Gasteiger partial charge is 0.244 e. The van der Waals surface area contributed by atoms with Crippen molar-refractivity contribution < 1.29 is 9.53 Å². The molecule has 1 aliphatic carbocycles. The minimum atomic E-state index is 0.153. The van der Waals surface area contributed by atoms with Crippen molar-refractivity contribution in [1.29, 1.82) is 0 Å². The number of piperazine rings is 1. The average molecular weight is 377 g/mol. The molecule has 2 N–H and O–H groups in total. The van der Waals surface area contributed by atoms with Crippen molar-refractivity contribution in [2.75, 3.05) is 58.3 Å². The van der Waals surface area contributed by atoms with Crippen LogP contribution in [0.15, 0.2) is 12.4 Å². The molecule has 0 aromatic carbocycles. The topological polar surface area (TPSA) is 74.7 Å². The van der Waals surface area contributed by atoms with Gasteiger partial charge in [0.15, 0.2) is 0 Å². The molecule has 1 aromatic rings. The average Bonchev–Trinajstić information content (AvgIpc) is 3.33. The van der Waals surface area contributed by atoms with Crippen LogP contribution in [0.1, 0.15) is 19.3 Å². The molecule has 0 spiro atoms. The number of hydrogen-bond acceptors (Lipinski definition) is 6. The number of carbonyl (C=O) groups is 1. The summed E-state index contributed by atoms with van der Waals surface area (Å²) in [5.74, 6) is 0.737. The number of carbonyl (C=O) groups excluding carboxylic acids is 1. The first-order chi connectivity index (χ1) is 13.2. The van der Waals surface area contributed by atoms with E-state index in [-0.39, 0.29) is 5.91 Å². The Morgan fingerprint density at radius 1 is 1.33 bits per heavy atom. The molecule has 0 radical (unpaired) electrons. The third-order valence-electron chi connectivity index (χ3n) is 6.18. The number of nitrogens with zero attached hydrogens (tertiary/aromatic N) is 4. The highest BCUT2D eigenvalue weighted by Crippen LogP contribution is 2.31. The van der Waals surface area contributed by atoms with Gasteiger partial charge in [-0.25, -0.2) is 0 Å². The van der Waals surface area contributed by atoms with Crippen LogP contribution in [-0.2, 0) is 16.1 Å². The molecular weight excluding hydrogens is 344 g/mol. The molecular formula is C19H32N6O2. The highest BCUT2D eigenvalue weighted by molar-refractivity contribution is 5.76. The van der Waals surface area contributed by atoms with Crippen molar-refractivity contribution in [3.05, 3.63) is 12.4 Å². The van der Waals surface area contributed by atoms with Gasteiger partial charge >= 0.3 is 0 Å². The van der Waals surface area contributed by atoms with Crippen LogP contribution in [0.2, 0.25) is 0 Å². The minimum absolute atomic E-state index is 0.153. The Hall–Kier alpha value is -1.64. The first-order valence-electron chi connectivity index (χ1n) is 10.3. The summed E-state index contributed by atoms with van der Waals surface area (Å²) in [6.07, 6.45) is 7.46. The molecule has 27 heavy (non-hydrogen) atoms. The summed E-state index contributed by atoms with van der Waals surface area (Å²) >= 11 is 0. The molecule has 150 valence electrons. The van der Waals surface area contributed by atoms with Crippen LogP contribution in [0, 0.1) is 5.92 Å². The van der Waals surface area contributed by atoms with Crippen LogP contribution in [0.5, 0.6) is 0 Å². The summed E-state index contributed by atoms with van der Waals surface area (Å²) in [6.45, 7) is 6.39. The largest absolute Gasteiger partial charge is 0.379 e. The van der Waals surface area contributed by atoms with Gasteiger partial charge in [0.2, 0.25) is 5.91 Å². The van der Waals surface area contributed by atoms with E-state index in [1.54, 1.807) is 4.68 Å². The lowest BCUT2D eigenvalue weighted by molar-refractivity contribution is -0.133. The molecule has 3 heterocycles. The standard InChI is InChI=1S/C19H32N6O2/c1-23-6-8-24(9-7-23)19(26)13-25-12-15(11-21-25)22-17-4-2-3-16(17)18-14-27-10-5-20-18/h11-12,16-18,20,22H,2-10,13-14H2,1H3. The Morgan fingerprint density at radius 2 is 2.19 bits per heavy atom. The van der Waals surface area contributed by atoms with E-state index in [1.807, 2.05) is 17.3 Å². The van der Waals surface area contributed by atoms with Crippen LogP contribution in [0.4, 0.5) is 5.69 Å². The fourth-order valence-corrected chi connectivity index (χ4v) is 4.54. The van der Waals surface area contributed by atoms with Gasteiger partial charge in [0.25, 0.3) is 0 Å². The number of aromatic nitrogens is 2. The summed E-state index contributed by atoms with van der Waals surface area (Å²) in [5, 5.41) is 11.7. The Kier molecular flexibility index (Phi) is 5.95. The van der Waals surface area contributed by atoms with Crippen molar-refractivity contribution >= 4 is 11.6 Å². The quantitative estimate of drug-likeness (QED) is 0.766. The highest BCUT2D eigenvalue weighted by atomic mass is 16.5. The lowest BCUT2D eigenvalue weighted by Gasteiger charge is -2.33. The molecule has 1 saturated carbocycles. The first-order valence-corrected chi connectivity index (χ1v) is 10.3. The second-order valence-electron chi connectivity index (χ2n) is 8.09. The number of amides is 1. The van der Waals surface area contributed by atoms with Crippen molar-refractivity contribution in [2.24, 2.45) is 5.92 Å². The molecule has 1 aromatic heterocycles. The summed E-state index contributed by atoms with van der Waals surface area (Å²) in [7, 11) is 2.10. The van der Waals surface area contributed by atoms with Gasteiger partial charge in [-0.3, -0.25) is 9.48 Å². The van der Waals surface area contributed by atoms with Crippen LogP contribution in [0.25, 0.3) is 0 Å². The number of ether oxygens (including phenoxy) is 1. The van der Waals surface area contributed by atoms with Gasteiger partial charge in [0.1, 0.15) is 6.54 Å². The molecule has 3 fully saturated rings. The predicted octanol–water partition coefficient (Wildman–Crippen LogP) is 0.226. The molecule has 0 bridgehead atoms. The lowest BCUT2D eigenvalue weighted by atomic mass is 9.94. The molecule has 3 atom stereocenters. The number of hydrogen-bond donors (Lipinski definition) is 2. The molecule has 8 nitrogen and oxygen atoms in total. The Morgan fingerprint density at radius 3 is 2.96 bits per heavy atom. The Balaban J connectivity index is 1.30. The summed E-state index contributed by atoms with van der Waals surface area (Å²) in [5.41, 5.74) is 1.01. The van der Waals surface area contributed by atoms with E-state index in [0.29, 0.717) is 24.5 Å². The van der Waals surface area contributed by atoms with Gasteiger partial charge < -0.3 is 25.2 Å². The Labute approximate surface area is 161 Å². The maximum atomic E-state index is 12.5. The van der Waals surface area contributed by atoms with Crippen molar-refractivity contribution in [3.8, 4) is 0 Å².